The second-order valence-corrected chi connectivity index (χ2v) is 9.29. The largest absolute Gasteiger partial charge is 0.387 e. The van der Waals surface area contributed by atoms with Crippen LogP contribution in [0.2, 0.25) is 0 Å². The van der Waals surface area contributed by atoms with E-state index in [0.29, 0.717) is 41.7 Å². The number of benzene rings is 1. The number of rotatable bonds is 5. The first-order valence-corrected chi connectivity index (χ1v) is 11.5. The van der Waals surface area contributed by atoms with Crippen molar-refractivity contribution in [1.29, 1.82) is 5.26 Å². The van der Waals surface area contributed by atoms with Gasteiger partial charge >= 0.3 is 0 Å². The molecule has 174 valence electrons. The number of aliphatic hydroxyl groups excluding tert-OH is 1. The number of carbonyl (C=O) groups is 1. The number of pyridine rings is 1. The van der Waals surface area contributed by atoms with Crippen molar-refractivity contribution in [2.75, 3.05) is 25.0 Å². The number of fused-ring (bicyclic) bond motifs is 2. The minimum Gasteiger partial charge on any atom is -0.387 e. The van der Waals surface area contributed by atoms with Crippen molar-refractivity contribution in [2.45, 2.75) is 44.6 Å². The van der Waals surface area contributed by atoms with Gasteiger partial charge in [0.05, 0.1) is 11.1 Å². The van der Waals surface area contributed by atoms with E-state index in [2.05, 4.69) is 32.6 Å². The summed E-state index contributed by atoms with van der Waals surface area (Å²) in [5.41, 5.74) is 4.23. The van der Waals surface area contributed by atoms with E-state index in [9.17, 15) is 15.2 Å². The molecule has 1 spiro atoms. The molecule has 0 bridgehead atoms. The molecular formula is C25H26N6O3. The second-order valence-electron chi connectivity index (χ2n) is 9.29. The summed E-state index contributed by atoms with van der Waals surface area (Å²) in [6, 6.07) is 10.1. The predicted molar refractivity (Wildman–Crippen MR) is 125 cm³/mol. The van der Waals surface area contributed by atoms with Crippen molar-refractivity contribution in [3.8, 4) is 28.9 Å². The maximum atomic E-state index is 12.0. The summed E-state index contributed by atoms with van der Waals surface area (Å²) in [4.78, 5) is 22.8. The number of likely N-dealkylation sites (tertiary alicyclic amines) is 1. The number of aromatic nitrogens is 3. The van der Waals surface area contributed by atoms with Gasteiger partial charge in [0.15, 0.2) is 0 Å². The summed E-state index contributed by atoms with van der Waals surface area (Å²) in [5, 5.41) is 26.2. The first-order valence-electron chi connectivity index (χ1n) is 11.5. The Morgan fingerprint density at radius 3 is 3.00 bits per heavy atom. The Balaban J connectivity index is 1.45. The van der Waals surface area contributed by atoms with Crippen LogP contribution in [0.1, 0.15) is 43.4 Å². The highest BCUT2D eigenvalue weighted by atomic mass is 16.5. The van der Waals surface area contributed by atoms with Gasteiger partial charge in [-0.1, -0.05) is 23.4 Å². The van der Waals surface area contributed by atoms with E-state index >= 15 is 0 Å². The van der Waals surface area contributed by atoms with E-state index in [1.54, 1.807) is 17.2 Å². The summed E-state index contributed by atoms with van der Waals surface area (Å²) in [5.74, 6) is 1.11. The molecule has 1 fully saturated rings. The number of hydrogen-bond donors (Lipinski definition) is 2. The Hall–Kier alpha value is -3.77. The number of anilines is 1. The lowest BCUT2D eigenvalue weighted by atomic mass is 9.81. The van der Waals surface area contributed by atoms with Crippen molar-refractivity contribution in [3.05, 3.63) is 47.2 Å². The number of hydrogen-bond acceptors (Lipinski definition) is 8. The molecule has 9 nitrogen and oxygen atoms in total. The van der Waals surface area contributed by atoms with Crippen molar-refractivity contribution in [1.82, 2.24) is 20.0 Å². The maximum Gasteiger partial charge on any atom is 0.259 e. The van der Waals surface area contributed by atoms with Gasteiger partial charge in [-0.3, -0.25) is 4.79 Å². The normalized spacial score (nSPS) is 19.0. The van der Waals surface area contributed by atoms with E-state index in [4.69, 9.17) is 4.52 Å². The van der Waals surface area contributed by atoms with Crippen LogP contribution in [0.5, 0.6) is 0 Å². The smallest absolute Gasteiger partial charge is 0.259 e. The molecule has 1 aliphatic heterocycles. The van der Waals surface area contributed by atoms with Gasteiger partial charge in [-0.25, -0.2) is 4.98 Å². The summed E-state index contributed by atoms with van der Waals surface area (Å²) in [6.45, 7) is 4.80. The summed E-state index contributed by atoms with van der Waals surface area (Å²) >= 11 is 0. The molecule has 1 saturated heterocycles. The third kappa shape index (κ3) is 3.70. The topological polar surface area (TPSA) is 128 Å². The molecule has 1 aromatic carbocycles. The van der Waals surface area contributed by atoms with E-state index < -0.39 is 6.61 Å². The Labute approximate surface area is 197 Å². The zero-order chi connectivity index (χ0) is 23.9. The van der Waals surface area contributed by atoms with Crippen LogP contribution in [0.3, 0.4) is 0 Å². The van der Waals surface area contributed by atoms with Gasteiger partial charge in [-0.15, -0.1) is 0 Å². The van der Waals surface area contributed by atoms with Crippen LogP contribution in [-0.4, -0.2) is 56.8 Å². The molecular weight excluding hydrogens is 432 g/mol. The van der Waals surface area contributed by atoms with Crippen molar-refractivity contribution < 1.29 is 14.4 Å². The van der Waals surface area contributed by atoms with Gasteiger partial charge in [0.2, 0.25) is 11.7 Å². The van der Waals surface area contributed by atoms with Crippen LogP contribution in [0.15, 0.2) is 35.0 Å². The Morgan fingerprint density at radius 2 is 2.24 bits per heavy atom. The average molecular weight is 459 g/mol. The minimum absolute atomic E-state index is 0.0897. The monoisotopic (exact) mass is 458 g/mol. The number of carbonyl (C=O) groups excluding carboxylic acids is 1. The van der Waals surface area contributed by atoms with Crippen molar-refractivity contribution in [2.24, 2.45) is 0 Å². The van der Waals surface area contributed by atoms with Crippen LogP contribution in [-0.2, 0) is 16.6 Å². The molecule has 3 heterocycles. The number of aliphatic hydroxyl groups is 1. The zero-order valence-corrected chi connectivity index (χ0v) is 19.2. The highest BCUT2D eigenvalue weighted by Gasteiger charge is 2.46. The van der Waals surface area contributed by atoms with E-state index in [1.165, 1.54) is 11.1 Å². The number of amides is 1. The fraction of sp³-hybridized carbons (Fsp3) is 0.400. The third-order valence-corrected chi connectivity index (χ3v) is 6.79. The molecule has 0 radical (unpaired) electrons. The molecule has 2 aromatic heterocycles. The van der Waals surface area contributed by atoms with Gasteiger partial charge in [0, 0.05) is 36.3 Å². The van der Waals surface area contributed by atoms with Crippen LogP contribution < -0.4 is 5.32 Å². The minimum atomic E-state index is -0.453. The van der Waals surface area contributed by atoms with Crippen molar-refractivity contribution in [3.63, 3.8) is 0 Å². The molecule has 34 heavy (non-hydrogen) atoms. The highest BCUT2D eigenvalue weighted by Crippen LogP contribution is 2.48. The number of nitrogens with zero attached hydrogens (tertiary/aromatic N) is 5. The molecule has 3 aromatic rings. The SMILES string of the molecule is CC(C)Nc1ncc(-c2nc(-c3cccc4c3CCC43CCN(C(=O)CO)C3)no2)cc1C#N. The number of nitrogens with one attached hydrogen (secondary N) is 1. The lowest BCUT2D eigenvalue weighted by molar-refractivity contribution is -0.133. The lowest BCUT2D eigenvalue weighted by Crippen LogP contribution is -2.34. The van der Waals surface area contributed by atoms with Crippen molar-refractivity contribution >= 4 is 11.7 Å². The Bertz CT molecular complexity index is 1290. The zero-order valence-electron chi connectivity index (χ0n) is 19.2. The van der Waals surface area contributed by atoms with Crippen LogP contribution in [0, 0.1) is 11.3 Å². The molecule has 5 rings (SSSR count). The quantitative estimate of drug-likeness (QED) is 0.597. The predicted octanol–water partition coefficient (Wildman–Crippen LogP) is 2.90. The standard InChI is InChI=1S/C25H26N6O3/c1-15(2)28-22-16(11-26)10-17(12-27-22)24-29-23(30-34-24)19-4-3-5-20-18(19)6-7-25(20)8-9-31(14-25)21(33)13-32/h3-5,10,12,15,32H,6-9,13-14H2,1-2H3,(H,27,28). The van der Waals surface area contributed by atoms with Gasteiger partial charge in [-0.2, -0.15) is 10.2 Å². The first-order chi connectivity index (χ1) is 16.4. The highest BCUT2D eigenvalue weighted by molar-refractivity contribution is 5.78. The van der Waals surface area contributed by atoms with E-state index in [0.717, 1.165) is 24.8 Å². The fourth-order valence-electron chi connectivity index (χ4n) is 5.18. The summed E-state index contributed by atoms with van der Waals surface area (Å²) < 4.78 is 5.55. The molecule has 2 N–H and O–H groups in total. The fourth-order valence-corrected chi connectivity index (χ4v) is 5.18. The van der Waals surface area contributed by atoms with Gasteiger partial charge < -0.3 is 19.8 Å². The Morgan fingerprint density at radius 1 is 1.38 bits per heavy atom. The third-order valence-electron chi connectivity index (χ3n) is 6.79. The molecule has 9 heteroatoms. The maximum absolute atomic E-state index is 12.0. The van der Waals surface area contributed by atoms with E-state index in [-0.39, 0.29) is 17.4 Å². The van der Waals surface area contributed by atoms with Crippen LogP contribution in [0.4, 0.5) is 5.82 Å². The summed E-state index contributed by atoms with van der Waals surface area (Å²) in [6.07, 6.45) is 4.32. The molecule has 1 aliphatic carbocycles. The lowest BCUT2D eigenvalue weighted by Gasteiger charge is -2.25. The first kappa shape index (κ1) is 22.0. The average Bonchev–Trinajstić information content (AvgIpc) is 3.58. The molecule has 1 atom stereocenters. The van der Waals surface area contributed by atoms with E-state index in [1.807, 2.05) is 26.0 Å². The Kier molecular flexibility index (Phi) is 5.54. The van der Waals surface area contributed by atoms with Gasteiger partial charge in [0.25, 0.3) is 5.89 Å². The van der Waals surface area contributed by atoms with Gasteiger partial charge in [-0.05, 0) is 50.3 Å². The summed E-state index contributed by atoms with van der Waals surface area (Å²) in [7, 11) is 0. The number of nitriles is 1. The van der Waals surface area contributed by atoms with Crippen LogP contribution in [0.25, 0.3) is 22.8 Å². The molecule has 1 amide bonds. The molecule has 2 aliphatic rings. The van der Waals surface area contributed by atoms with Crippen LogP contribution >= 0.6 is 0 Å². The second kappa shape index (κ2) is 8.54. The van der Waals surface area contributed by atoms with Gasteiger partial charge in [0.1, 0.15) is 18.5 Å². The molecule has 0 saturated carbocycles. The molecule has 1 unspecified atom stereocenters.